The van der Waals surface area contributed by atoms with Gasteiger partial charge in [-0.05, 0) is 46.1 Å². The molecule has 0 aliphatic carbocycles. The molecule has 0 unspecified atom stereocenters. The maximum atomic E-state index is 13.2. The van der Waals surface area contributed by atoms with Crippen molar-refractivity contribution in [2.45, 2.75) is 71.7 Å². The highest BCUT2D eigenvalue weighted by Gasteiger charge is 2.44. The molecule has 1 aliphatic heterocycles. The van der Waals surface area contributed by atoms with Gasteiger partial charge in [0.1, 0.15) is 24.0 Å². The van der Waals surface area contributed by atoms with Gasteiger partial charge in [-0.1, -0.05) is 43.0 Å². The summed E-state index contributed by atoms with van der Waals surface area (Å²) in [7, 11) is 0. The van der Waals surface area contributed by atoms with Gasteiger partial charge in [-0.25, -0.2) is 14.9 Å². The molecule has 38 heavy (non-hydrogen) atoms. The van der Waals surface area contributed by atoms with Crippen LogP contribution in [0, 0.1) is 16.6 Å². The van der Waals surface area contributed by atoms with E-state index in [0.717, 1.165) is 17.1 Å². The number of aromatic nitrogens is 3. The molecule has 9 heteroatoms. The molecule has 1 N–H and O–H groups in total. The van der Waals surface area contributed by atoms with Crippen LogP contribution in [0.3, 0.4) is 0 Å². The zero-order valence-electron chi connectivity index (χ0n) is 22.7. The van der Waals surface area contributed by atoms with Gasteiger partial charge in [0, 0.05) is 36.3 Å². The first-order chi connectivity index (χ1) is 18.2. The minimum atomic E-state index is -0.709. The maximum Gasteiger partial charge on any atom is 0.312 e. The van der Waals surface area contributed by atoms with E-state index in [4.69, 9.17) is 14.5 Å². The van der Waals surface area contributed by atoms with Gasteiger partial charge < -0.3 is 14.8 Å². The lowest BCUT2D eigenvalue weighted by molar-refractivity contribution is -0.156. The molecule has 198 valence electrons. The van der Waals surface area contributed by atoms with Crippen LogP contribution in [0.15, 0.2) is 54.7 Å². The molecule has 8 nitrogen and oxygen atoms in total. The third kappa shape index (κ3) is 6.55. The maximum absolute atomic E-state index is 13.2. The Labute approximate surface area is 225 Å². The number of esters is 1. The molecule has 1 fully saturated rings. The minimum Gasteiger partial charge on any atom is -0.489 e. The highest BCUT2D eigenvalue weighted by Crippen LogP contribution is 2.41. The molecule has 0 bridgehead atoms. The van der Waals surface area contributed by atoms with Gasteiger partial charge in [0.25, 0.3) is 6.71 Å². The topological polar surface area (TPSA) is 102 Å². The number of rotatable bonds is 9. The summed E-state index contributed by atoms with van der Waals surface area (Å²) in [5.74, 6) is 4.23. The number of nitriles is 1. The van der Waals surface area contributed by atoms with Gasteiger partial charge in [-0.15, -0.1) is 0 Å². The highest BCUT2D eigenvalue weighted by atomic mass is 16.5. The van der Waals surface area contributed by atoms with E-state index < -0.39 is 5.41 Å². The molecule has 0 spiro atoms. The first-order valence-corrected chi connectivity index (χ1v) is 13.3. The number of ether oxygens (including phenoxy) is 2. The van der Waals surface area contributed by atoms with Gasteiger partial charge >= 0.3 is 5.97 Å². The monoisotopic (exact) mass is 513 g/mol. The number of pyridine rings is 1. The van der Waals surface area contributed by atoms with Crippen LogP contribution in [0.2, 0.25) is 12.6 Å². The van der Waals surface area contributed by atoms with Crippen LogP contribution in [-0.4, -0.2) is 34.1 Å². The van der Waals surface area contributed by atoms with E-state index in [-0.39, 0.29) is 18.2 Å². The SMILES string of the molecule is CCOC(=O)C1(Cc2cc(OCc3ccccc3)cc(Nc3ccnn3C(C)(C)C)n2)CCB(C#N)CC1. The Morgan fingerprint density at radius 3 is 2.58 bits per heavy atom. The van der Waals surface area contributed by atoms with Crippen LogP contribution >= 0.6 is 0 Å². The van der Waals surface area contributed by atoms with Crippen LogP contribution in [0.5, 0.6) is 5.75 Å². The van der Waals surface area contributed by atoms with Crippen LogP contribution in [0.25, 0.3) is 0 Å². The molecule has 0 saturated carbocycles. The summed E-state index contributed by atoms with van der Waals surface area (Å²) < 4.78 is 13.6. The van der Waals surface area contributed by atoms with E-state index in [1.54, 1.807) is 6.20 Å². The third-order valence-electron chi connectivity index (χ3n) is 6.99. The summed E-state index contributed by atoms with van der Waals surface area (Å²) in [6.07, 6.45) is 4.72. The zero-order valence-corrected chi connectivity index (χ0v) is 22.7. The Bertz CT molecular complexity index is 1270. The van der Waals surface area contributed by atoms with Crippen molar-refractivity contribution >= 4 is 24.3 Å². The summed E-state index contributed by atoms with van der Waals surface area (Å²) in [4.78, 5) is 18.1. The van der Waals surface area contributed by atoms with Crippen LogP contribution < -0.4 is 10.1 Å². The van der Waals surface area contributed by atoms with Crippen molar-refractivity contribution in [2.75, 3.05) is 11.9 Å². The lowest BCUT2D eigenvalue weighted by Gasteiger charge is -2.35. The average molecular weight is 513 g/mol. The lowest BCUT2D eigenvalue weighted by atomic mass is 9.39. The molecule has 0 radical (unpaired) electrons. The van der Waals surface area contributed by atoms with Crippen molar-refractivity contribution in [1.82, 2.24) is 14.8 Å². The molecule has 0 atom stereocenters. The second-order valence-corrected chi connectivity index (χ2v) is 11.0. The summed E-state index contributed by atoms with van der Waals surface area (Å²) in [6, 6.07) is 15.7. The number of nitrogens with one attached hydrogen (secondary N) is 1. The Morgan fingerprint density at radius 1 is 1.18 bits per heavy atom. The van der Waals surface area contributed by atoms with Gasteiger partial charge in [0.15, 0.2) is 0 Å². The second kappa shape index (κ2) is 11.7. The number of hydrogen-bond acceptors (Lipinski definition) is 7. The third-order valence-corrected chi connectivity index (χ3v) is 6.99. The van der Waals surface area contributed by atoms with Gasteiger partial charge in [0.05, 0.1) is 23.8 Å². The number of carbonyl (C=O) groups is 1. The summed E-state index contributed by atoms with van der Waals surface area (Å²) in [6.45, 7) is 8.79. The van der Waals surface area contributed by atoms with Crippen LogP contribution in [-0.2, 0) is 28.1 Å². The Morgan fingerprint density at radius 2 is 1.92 bits per heavy atom. The number of benzene rings is 1. The van der Waals surface area contributed by atoms with Crippen molar-refractivity contribution in [3.05, 3.63) is 66.0 Å². The number of hydrogen-bond donors (Lipinski definition) is 1. The van der Waals surface area contributed by atoms with Crippen molar-refractivity contribution in [3.63, 3.8) is 0 Å². The molecular formula is C29H36BN5O3. The second-order valence-electron chi connectivity index (χ2n) is 11.0. The molecular weight excluding hydrogens is 477 g/mol. The summed E-state index contributed by atoms with van der Waals surface area (Å²) in [5, 5.41) is 17.3. The molecule has 1 aromatic carbocycles. The van der Waals surface area contributed by atoms with E-state index in [0.29, 0.717) is 56.7 Å². The molecule has 3 heterocycles. The van der Waals surface area contributed by atoms with Crippen LogP contribution in [0.1, 0.15) is 51.8 Å². The quantitative estimate of drug-likeness (QED) is 0.285. The summed E-state index contributed by atoms with van der Waals surface area (Å²) in [5.41, 5.74) is 0.870. The number of anilines is 2. The first kappa shape index (κ1) is 27.2. The minimum absolute atomic E-state index is 0.0269. The fraction of sp³-hybridized carbons (Fsp3) is 0.448. The highest BCUT2D eigenvalue weighted by molar-refractivity contribution is 6.67. The average Bonchev–Trinajstić information content (AvgIpc) is 3.37. The van der Waals surface area contributed by atoms with E-state index in [1.807, 2.05) is 60.1 Å². The van der Waals surface area contributed by atoms with E-state index >= 15 is 0 Å². The lowest BCUT2D eigenvalue weighted by Crippen LogP contribution is -2.40. The Kier molecular flexibility index (Phi) is 8.40. The fourth-order valence-electron chi connectivity index (χ4n) is 4.99. The normalized spacial score (nSPS) is 15.0. The Hall–Kier alpha value is -3.80. The summed E-state index contributed by atoms with van der Waals surface area (Å²) >= 11 is 0. The fourth-order valence-corrected chi connectivity index (χ4v) is 4.99. The smallest absolute Gasteiger partial charge is 0.312 e. The van der Waals surface area contributed by atoms with Gasteiger partial charge in [-0.3, -0.25) is 4.79 Å². The molecule has 4 rings (SSSR count). The first-order valence-electron chi connectivity index (χ1n) is 13.3. The van der Waals surface area contributed by atoms with Crippen molar-refractivity contribution in [1.29, 1.82) is 5.26 Å². The van der Waals surface area contributed by atoms with Crippen molar-refractivity contribution < 1.29 is 14.3 Å². The van der Waals surface area contributed by atoms with Crippen molar-refractivity contribution in [2.24, 2.45) is 5.41 Å². The molecule has 0 amide bonds. The molecule has 2 aromatic heterocycles. The molecule has 1 saturated heterocycles. The molecule has 1 aliphatic rings. The predicted octanol–water partition coefficient (Wildman–Crippen LogP) is 5.80. The molecule has 3 aromatic rings. The van der Waals surface area contributed by atoms with Gasteiger partial charge in [0.2, 0.25) is 0 Å². The number of carbonyl (C=O) groups excluding carboxylic acids is 1. The zero-order chi connectivity index (χ0) is 27.2. The van der Waals surface area contributed by atoms with E-state index in [1.165, 1.54) is 0 Å². The largest absolute Gasteiger partial charge is 0.489 e. The number of nitrogens with zero attached hydrogens (tertiary/aromatic N) is 4. The van der Waals surface area contributed by atoms with Crippen LogP contribution in [0.4, 0.5) is 11.6 Å². The van der Waals surface area contributed by atoms with Crippen molar-refractivity contribution in [3.8, 4) is 11.7 Å². The van der Waals surface area contributed by atoms with Gasteiger partial charge in [-0.2, -0.15) is 5.10 Å². The van der Waals surface area contributed by atoms with E-state index in [2.05, 4.69) is 37.2 Å². The van der Waals surface area contributed by atoms with E-state index in [9.17, 15) is 10.1 Å². The predicted molar refractivity (Wildman–Crippen MR) is 149 cm³/mol. The standard InChI is InChI=1S/C29H36BN5O3/c1-5-37-27(36)29(12-14-30(21-31)15-13-29)19-23-17-24(38-20-22-9-7-6-8-10-22)18-25(33-23)34-26-11-16-32-35(26)28(2,3)4/h6-11,16-18H,5,12-15,19-20H2,1-4H3,(H,33,34). The Balaban J connectivity index is 1.66.